The minimum Gasteiger partial charge on any atom is -0.469 e. The largest absolute Gasteiger partial charge is 0.469 e. The number of esters is 1. The van der Waals surface area contributed by atoms with Gasteiger partial charge in [-0.15, -0.1) is 0 Å². The maximum Gasteiger partial charge on any atom is 0.305 e. The lowest BCUT2D eigenvalue weighted by Gasteiger charge is -2.57. The van der Waals surface area contributed by atoms with Crippen LogP contribution in [-0.2, 0) is 9.53 Å². The lowest BCUT2D eigenvalue weighted by Crippen LogP contribution is -2.48. The molecule has 0 bridgehead atoms. The van der Waals surface area contributed by atoms with Gasteiger partial charge in [-0.25, -0.2) is 0 Å². The molecule has 0 heterocycles. The van der Waals surface area contributed by atoms with E-state index in [1.807, 2.05) is 0 Å². The number of hydrogen-bond donors (Lipinski definition) is 1. The maximum atomic E-state index is 11.6. The maximum absolute atomic E-state index is 11.6. The molecule has 0 spiro atoms. The Hall–Kier alpha value is -0.830. The van der Waals surface area contributed by atoms with Gasteiger partial charge in [0.25, 0.3) is 0 Å². The second kappa shape index (κ2) is 7.45. The second-order valence-electron chi connectivity index (χ2n) is 11.0. The van der Waals surface area contributed by atoms with Crippen LogP contribution in [0.5, 0.6) is 0 Å². The molecule has 158 valence electrons. The molecule has 1 N–H and O–H groups in total. The highest BCUT2D eigenvalue weighted by atomic mass is 16.5. The van der Waals surface area contributed by atoms with Crippen molar-refractivity contribution in [2.45, 2.75) is 91.1 Å². The van der Waals surface area contributed by atoms with Crippen molar-refractivity contribution >= 4 is 5.97 Å². The molecule has 8 atom stereocenters. The summed E-state index contributed by atoms with van der Waals surface area (Å²) in [6.07, 6.45) is 13.8. The van der Waals surface area contributed by atoms with Gasteiger partial charge in [0.15, 0.2) is 0 Å². The number of ether oxygens (including phenoxy) is 1. The fraction of sp³-hybridized carbons (Fsp3) is 0.880. The van der Waals surface area contributed by atoms with Crippen LogP contribution in [0.3, 0.4) is 0 Å². The summed E-state index contributed by atoms with van der Waals surface area (Å²) in [5.74, 6) is 3.48. The van der Waals surface area contributed by atoms with Gasteiger partial charge < -0.3 is 9.84 Å². The molecule has 0 radical (unpaired) electrons. The lowest BCUT2D eigenvalue weighted by atomic mass is 9.48. The van der Waals surface area contributed by atoms with E-state index in [1.54, 1.807) is 5.57 Å². The molecule has 0 aliphatic heterocycles. The van der Waals surface area contributed by atoms with Crippen LogP contribution in [0.4, 0.5) is 0 Å². The molecule has 0 amide bonds. The molecule has 0 saturated heterocycles. The highest BCUT2D eigenvalue weighted by molar-refractivity contribution is 5.69. The first-order valence-electron chi connectivity index (χ1n) is 11.7. The minimum atomic E-state index is -0.0735. The van der Waals surface area contributed by atoms with Crippen molar-refractivity contribution in [1.82, 2.24) is 0 Å². The van der Waals surface area contributed by atoms with Gasteiger partial charge in [-0.1, -0.05) is 32.4 Å². The quantitative estimate of drug-likeness (QED) is 0.510. The Balaban J connectivity index is 1.53. The van der Waals surface area contributed by atoms with Gasteiger partial charge in [0.05, 0.1) is 13.2 Å². The fourth-order valence-corrected chi connectivity index (χ4v) is 8.13. The Morgan fingerprint density at radius 2 is 2.04 bits per heavy atom. The number of rotatable bonds is 4. The highest BCUT2D eigenvalue weighted by Gasteiger charge is 2.57. The summed E-state index contributed by atoms with van der Waals surface area (Å²) in [6.45, 7) is 7.42. The van der Waals surface area contributed by atoms with Crippen molar-refractivity contribution in [3.05, 3.63) is 11.6 Å². The van der Waals surface area contributed by atoms with E-state index in [0.717, 1.165) is 37.0 Å². The molecule has 4 aliphatic rings. The third kappa shape index (κ3) is 3.16. The van der Waals surface area contributed by atoms with E-state index in [4.69, 9.17) is 4.74 Å². The van der Waals surface area contributed by atoms with Gasteiger partial charge in [0.1, 0.15) is 0 Å². The van der Waals surface area contributed by atoms with Gasteiger partial charge in [0, 0.05) is 6.42 Å². The molecule has 3 saturated carbocycles. The molecule has 1 unspecified atom stereocenters. The van der Waals surface area contributed by atoms with Crippen LogP contribution < -0.4 is 0 Å². The smallest absolute Gasteiger partial charge is 0.305 e. The second-order valence-corrected chi connectivity index (χ2v) is 11.0. The zero-order chi connectivity index (χ0) is 20.1. The molecule has 0 aromatic rings. The Morgan fingerprint density at radius 1 is 1.25 bits per heavy atom. The highest BCUT2D eigenvalue weighted by Crippen LogP contribution is 2.66. The average Bonchev–Trinajstić information content (AvgIpc) is 3.03. The number of aliphatic hydroxyl groups is 1. The number of methoxy groups -OCH3 is 1. The molecule has 3 heteroatoms. The van der Waals surface area contributed by atoms with E-state index in [2.05, 4.69) is 26.8 Å². The van der Waals surface area contributed by atoms with Crippen LogP contribution in [0, 0.1) is 40.4 Å². The SMILES string of the molecule is COC(=O)CC[C@@H](C)[C@H]1CC[C@H]2[C@@H]3CCC4C[C@H](O)CC[C@]4(C)C3=CC[C@]12C. The van der Waals surface area contributed by atoms with Crippen molar-refractivity contribution in [2.24, 2.45) is 40.4 Å². The summed E-state index contributed by atoms with van der Waals surface area (Å²) in [5, 5.41) is 10.2. The first-order chi connectivity index (χ1) is 13.3. The summed E-state index contributed by atoms with van der Waals surface area (Å²) < 4.78 is 4.87. The number of fused-ring (bicyclic) bond motifs is 5. The lowest BCUT2D eigenvalue weighted by molar-refractivity contribution is -0.141. The Labute approximate surface area is 171 Å². The molecular formula is C25H40O3. The van der Waals surface area contributed by atoms with Crippen molar-refractivity contribution < 1.29 is 14.6 Å². The number of carbonyl (C=O) groups is 1. The number of hydrogen-bond acceptors (Lipinski definition) is 3. The zero-order valence-electron chi connectivity index (χ0n) is 18.4. The van der Waals surface area contributed by atoms with Crippen LogP contribution in [0.2, 0.25) is 0 Å². The van der Waals surface area contributed by atoms with E-state index in [0.29, 0.717) is 29.1 Å². The van der Waals surface area contributed by atoms with Gasteiger partial charge >= 0.3 is 5.97 Å². The number of allylic oxidation sites excluding steroid dienone is 2. The summed E-state index contributed by atoms with van der Waals surface area (Å²) in [4.78, 5) is 11.6. The Bertz CT molecular complexity index is 640. The van der Waals surface area contributed by atoms with Crippen molar-refractivity contribution in [2.75, 3.05) is 7.11 Å². The Kier molecular flexibility index (Phi) is 5.44. The van der Waals surface area contributed by atoms with Crippen molar-refractivity contribution in [1.29, 1.82) is 0 Å². The summed E-state index contributed by atoms with van der Waals surface area (Å²) >= 11 is 0. The molecule has 3 fully saturated rings. The number of aliphatic hydroxyl groups excluding tert-OH is 1. The van der Waals surface area contributed by atoms with Gasteiger partial charge in [-0.05, 0) is 98.2 Å². The van der Waals surface area contributed by atoms with Crippen LogP contribution in [0.25, 0.3) is 0 Å². The van der Waals surface area contributed by atoms with E-state index in [1.165, 1.54) is 45.6 Å². The minimum absolute atomic E-state index is 0.0666. The predicted molar refractivity (Wildman–Crippen MR) is 112 cm³/mol. The molecule has 0 aromatic carbocycles. The summed E-state index contributed by atoms with van der Waals surface area (Å²) in [7, 11) is 1.49. The molecule has 28 heavy (non-hydrogen) atoms. The third-order valence-corrected chi connectivity index (χ3v) is 9.79. The van der Waals surface area contributed by atoms with Crippen LogP contribution in [-0.4, -0.2) is 24.3 Å². The van der Waals surface area contributed by atoms with Gasteiger partial charge in [0.2, 0.25) is 0 Å². The molecule has 4 aliphatic carbocycles. The van der Waals surface area contributed by atoms with E-state index < -0.39 is 0 Å². The fourth-order valence-electron chi connectivity index (χ4n) is 8.13. The first-order valence-corrected chi connectivity index (χ1v) is 11.7. The molecule has 0 aromatic heterocycles. The van der Waals surface area contributed by atoms with Crippen molar-refractivity contribution in [3.63, 3.8) is 0 Å². The van der Waals surface area contributed by atoms with E-state index in [9.17, 15) is 9.90 Å². The zero-order valence-corrected chi connectivity index (χ0v) is 18.4. The molecular weight excluding hydrogens is 348 g/mol. The third-order valence-electron chi connectivity index (χ3n) is 9.79. The van der Waals surface area contributed by atoms with E-state index >= 15 is 0 Å². The van der Waals surface area contributed by atoms with E-state index in [-0.39, 0.29) is 12.1 Å². The normalized spacial score (nSPS) is 46.0. The summed E-state index contributed by atoms with van der Waals surface area (Å²) in [6, 6.07) is 0. The Morgan fingerprint density at radius 3 is 2.79 bits per heavy atom. The summed E-state index contributed by atoms with van der Waals surface area (Å²) in [5.41, 5.74) is 2.49. The average molecular weight is 389 g/mol. The molecule has 4 rings (SSSR count). The van der Waals surface area contributed by atoms with Crippen LogP contribution in [0.15, 0.2) is 11.6 Å². The topological polar surface area (TPSA) is 46.5 Å². The van der Waals surface area contributed by atoms with Gasteiger partial charge in [-0.2, -0.15) is 0 Å². The predicted octanol–water partition coefficient (Wildman–Crippen LogP) is 5.52. The van der Waals surface area contributed by atoms with Crippen LogP contribution >= 0.6 is 0 Å². The van der Waals surface area contributed by atoms with Crippen molar-refractivity contribution in [3.8, 4) is 0 Å². The standard InChI is InChI=1S/C25H40O3/c1-16(5-10-23(27)28-4)20-8-9-21-19-7-6-17-15-18(26)11-13-24(17,2)22(19)12-14-25(20,21)3/h12,16-21,26H,5-11,13-15H2,1-4H3/t16-,17?,18-,19+,20-,21+,24+,25-/m1/s1. The molecule has 3 nitrogen and oxygen atoms in total. The number of carbonyl (C=O) groups excluding carboxylic acids is 1. The van der Waals surface area contributed by atoms with Gasteiger partial charge in [-0.3, -0.25) is 4.79 Å². The monoisotopic (exact) mass is 388 g/mol. The first kappa shape index (κ1) is 20.4. The van der Waals surface area contributed by atoms with Crippen LogP contribution in [0.1, 0.15) is 85.0 Å².